The van der Waals surface area contributed by atoms with Crippen LogP contribution in [0.15, 0.2) is 59.1 Å². The minimum Gasteiger partial charge on any atom is -0.422 e. The summed E-state index contributed by atoms with van der Waals surface area (Å²) in [5, 5.41) is 0. The zero-order valence-corrected chi connectivity index (χ0v) is 16.2. The van der Waals surface area contributed by atoms with Crippen molar-refractivity contribution < 1.29 is 9.53 Å². The van der Waals surface area contributed by atoms with Gasteiger partial charge in [0.1, 0.15) is 5.75 Å². The number of hydrogen-bond acceptors (Lipinski definition) is 4. The van der Waals surface area contributed by atoms with Crippen molar-refractivity contribution in [1.82, 2.24) is 0 Å². The summed E-state index contributed by atoms with van der Waals surface area (Å²) in [6, 6.07) is 15.6. The van der Waals surface area contributed by atoms with Gasteiger partial charge in [0.2, 0.25) is 0 Å². The largest absolute Gasteiger partial charge is 0.422 e. The van der Waals surface area contributed by atoms with Crippen LogP contribution in [-0.2, 0) is 4.79 Å². The third-order valence-electron chi connectivity index (χ3n) is 3.48. The van der Waals surface area contributed by atoms with Crippen LogP contribution in [-0.4, -0.2) is 17.5 Å². The van der Waals surface area contributed by atoms with E-state index in [-0.39, 0.29) is 5.97 Å². The molecule has 0 spiro atoms. The quantitative estimate of drug-likeness (QED) is 0.347. The lowest BCUT2D eigenvalue weighted by atomic mass is 10.2. The molecule has 0 N–H and O–H groups in total. The second kappa shape index (κ2) is 8.79. The van der Waals surface area contributed by atoms with Gasteiger partial charge in [-0.25, -0.2) is 4.79 Å². The van der Waals surface area contributed by atoms with Crippen molar-refractivity contribution in [3.05, 3.63) is 70.2 Å². The van der Waals surface area contributed by atoms with Crippen LogP contribution in [0.2, 0.25) is 0 Å². The molecule has 0 atom stereocenters. The summed E-state index contributed by atoms with van der Waals surface area (Å²) >= 11 is 7.47. The maximum atomic E-state index is 12.0. The first-order chi connectivity index (χ1) is 11.7. The van der Waals surface area contributed by atoms with Crippen LogP contribution in [0.4, 0.5) is 0 Å². The molecule has 5 heteroatoms. The predicted molar refractivity (Wildman–Crippen MR) is 108 cm³/mol. The van der Waals surface area contributed by atoms with Crippen LogP contribution >= 0.6 is 39.5 Å². The van der Waals surface area contributed by atoms with Crippen molar-refractivity contribution in [3.8, 4) is 5.75 Å². The van der Waals surface area contributed by atoms with E-state index in [0.717, 1.165) is 10.0 Å². The Morgan fingerprint density at radius 2 is 1.88 bits per heavy atom. The Hall–Kier alpha value is -1.17. The predicted octanol–water partition coefficient (Wildman–Crippen LogP) is 5.94. The summed E-state index contributed by atoms with van der Waals surface area (Å²) in [6.07, 6.45) is 4.47. The fourth-order valence-electron chi connectivity index (χ4n) is 2.30. The first kappa shape index (κ1) is 17.6. The van der Waals surface area contributed by atoms with Crippen molar-refractivity contribution in [2.45, 2.75) is 11.0 Å². The molecular weight excluding hydrogens is 404 g/mol. The highest BCUT2D eigenvalue weighted by Gasteiger charge is 2.18. The highest BCUT2D eigenvalue weighted by Crippen LogP contribution is 2.45. The van der Waals surface area contributed by atoms with Gasteiger partial charge in [0.05, 0.1) is 9.05 Å². The number of carbonyl (C=O) groups excluding carboxylic acids is 1. The standard InChI is InChI=1S/C19H17BrO2S2/c20-16-13-15(19-23-11-4-12-24-19)8-9-17(16)22-18(21)10-7-14-5-2-1-3-6-14/h1-3,5-10,13,19H,4,11-12H2. The van der Waals surface area contributed by atoms with E-state index in [1.165, 1.54) is 29.6 Å². The van der Waals surface area contributed by atoms with Crippen LogP contribution in [0.1, 0.15) is 22.1 Å². The highest BCUT2D eigenvalue weighted by molar-refractivity contribution is 9.10. The average Bonchev–Trinajstić information content (AvgIpc) is 2.63. The summed E-state index contributed by atoms with van der Waals surface area (Å²) in [6.45, 7) is 0. The number of hydrogen-bond donors (Lipinski definition) is 0. The molecule has 0 saturated carbocycles. The van der Waals surface area contributed by atoms with E-state index in [2.05, 4.69) is 22.0 Å². The molecule has 2 aromatic carbocycles. The number of esters is 1. The van der Waals surface area contributed by atoms with Crippen LogP contribution in [0.5, 0.6) is 5.75 Å². The Labute approximate surface area is 159 Å². The number of ether oxygens (including phenoxy) is 1. The van der Waals surface area contributed by atoms with Gasteiger partial charge in [-0.3, -0.25) is 0 Å². The van der Waals surface area contributed by atoms with Gasteiger partial charge in [-0.05, 0) is 63.2 Å². The highest BCUT2D eigenvalue weighted by atomic mass is 79.9. The maximum Gasteiger partial charge on any atom is 0.336 e. The number of rotatable bonds is 4. The van der Waals surface area contributed by atoms with Crippen molar-refractivity contribution in [2.75, 3.05) is 11.5 Å². The lowest BCUT2D eigenvalue weighted by molar-refractivity contribution is -0.128. The van der Waals surface area contributed by atoms with E-state index in [4.69, 9.17) is 4.74 Å². The van der Waals surface area contributed by atoms with Crippen molar-refractivity contribution >= 4 is 51.5 Å². The molecular formula is C19H17BrO2S2. The first-order valence-corrected chi connectivity index (χ1v) is 10.6. The molecule has 1 saturated heterocycles. The lowest BCUT2D eigenvalue weighted by Gasteiger charge is -2.21. The average molecular weight is 421 g/mol. The molecule has 24 heavy (non-hydrogen) atoms. The van der Waals surface area contributed by atoms with E-state index < -0.39 is 0 Å². The summed E-state index contributed by atoms with van der Waals surface area (Å²) in [4.78, 5) is 12.0. The van der Waals surface area contributed by atoms with Gasteiger partial charge < -0.3 is 4.74 Å². The van der Waals surface area contributed by atoms with Gasteiger partial charge in [-0.2, -0.15) is 0 Å². The molecule has 0 aromatic heterocycles. The van der Waals surface area contributed by atoms with Gasteiger partial charge in [-0.15, -0.1) is 23.5 Å². The minimum atomic E-state index is -0.381. The molecule has 1 heterocycles. The number of halogens is 1. The first-order valence-electron chi connectivity index (χ1n) is 7.70. The van der Waals surface area contributed by atoms with E-state index in [1.807, 2.05) is 66.0 Å². The minimum absolute atomic E-state index is 0.381. The van der Waals surface area contributed by atoms with Gasteiger partial charge in [0.15, 0.2) is 0 Å². The molecule has 0 amide bonds. The lowest BCUT2D eigenvalue weighted by Crippen LogP contribution is -2.05. The normalized spacial score (nSPS) is 15.5. The Morgan fingerprint density at radius 1 is 1.12 bits per heavy atom. The Kier molecular flexibility index (Phi) is 6.46. The molecule has 1 aliphatic heterocycles. The SMILES string of the molecule is O=C(C=Cc1ccccc1)Oc1ccc(C2SCCCS2)cc1Br. The second-order valence-electron chi connectivity index (χ2n) is 5.28. The van der Waals surface area contributed by atoms with Crippen molar-refractivity contribution in [1.29, 1.82) is 0 Å². The van der Waals surface area contributed by atoms with E-state index in [9.17, 15) is 4.79 Å². The van der Waals surface area contributed by atoms with Crippen LogP contribution in [0.25, 0.3) is 6.08 Å². The fourth-order valence-corrected chi connectivity index (χ4v) is 5.65. The Morgan fingerprint density at radius 3 is 2.58 bits per heavy atom. The molecule has 1 aliphatic rings. The molecule has 0 unspecified atom stereocenters. The molecule has 2 aromatic rings. The van der Waals surface area contributed by atoms with Crippen molar-refractivity contribution in [3.63, 3.8) is 0 Å². The second-order valence-corrected chi connectivity index (χ2v) is 8.86. The van der Waals surface area contributed by atoms with Crippen LogP contribution in [0.3, 0.4) is 0 Å². The molecule has 0 aliphatic carbocycles. The third-order valence-corrected chi connectivity index (χ3v) is 7.11. The smallest absolute Gasteiger partial charge is 0.336 e. The van der Waals surface area contributed by atoms with Gasteiger partial charge >= 0.3 is 5.97 Å². The maximum absolute atomic E-state index is 12.0. The van der Waals surface area contributed by atoms with Crippen molar-refractivity contribution in [2.24, 2.45) is 0 Å². The Balaban J connectivity index is 1.64. The molecule has 0 bridgehead atoms. The molecule has 3 rings (SSSR count). The summed E-state index contributed by atoms with van der Waals surface area (Å²) in [5.74, 6) is 2.58. The van der Waals surface area contributed by atoms with Crippen LogP contribution in [0, 0.1) is 0 Å². The van der Waals surface area contributed by atoms with Gasteiger partial charge in [0, 0.05) is 6.08 Å². The van der Waals surface area contributed by atoms with Crippen LogP contribution < -0.4 is 4.74 Å². The number of benzene rings is 2. The topological polar surface area (TPSA) is 26.3 Å². The zero-order chi connectivity index (χ0) is 16.8. The summed E-state index contributed by atoms with van der Waals surface area (Å²) in [7, 11) is 0. The van der Waals surface area contributed by atoms with Gasteiger partial charge in [-0.1, -0.05) is 36.4 Å². The fraction of sp³-hybridized carbons (Fsp3) is 0.211. The van der Waals surface area contributed by atoms with E-state index in [0.29, 0.717) is 10.3 Å². The Bertz CT molecular complexity index is 725. The third kappa shape index (κ3) is 4.91. The summed E-state index contributed by atoms with van der Waals surface area (Å²) < 4.78 is 6.71. The molecule has 2 nitrogen and oxygen atoms in total. The summed E-state index contributed by atoms with van der Waals surface area (Å²) in [5.41, 5.74) is 2.23. The monoisotopic (exact) mass is 420 g/mol. The van der Waals surface area contributed by atoms with E-state index in [1.54, 1.807) is 6.08 Å². The molecule has 1 fully saturated rings. The van der Waals surface area contributed by atoms with E-state index >= 15 is 0 Å². The van der Waals surface area contributed by atoms with Gasteiger partial charge in [0.25, 0.3) is 0 Å². The number of thioether (sulfide) groups is 2. The zero-order valence-electron chi connectivity index (χ0n) is 13.0. The molecule has 0 radical (unpaired) electrons. The number of carbonyl (C=O) groups is 1. The molecule has 124 valence electrons.